The zero-order valence-corrected chi connectivity index (χ0v) is 21.6. The van der Waals surface area contributed by atoms with Gasteiger partial charge in [0.1, 0.15) is 18.8 Å². The van der Waals surface area contributed by atoms with Gasteiger partial charge in [-0.3, -0.25) is 19.1 Å². The van der Waals surface area contributed by atoms with Gasteiger partial charge >= 0.3 is 0 Å². The fourth-order valence-electron chi connectivity index (χ4n) is 3.56. The van der Waals surface area contributed by atoms with E-state index < -0.39 is 26.6 Å². The number of hydrogen-bond acceptors (Lipinski definition) is 10. The Kier molecular flexibility index (Phi) is 10.6. The van der Waals surface area contributed by atoms with Gasteiger partial charge in [-0.2, -0.15) is 8.42 Å². The zero-order chi connectivity index (χ0) is 24.6. The molecule has 0 unspecified atom stereocenters. The van der Waals surface area contributed by atoms with Gasteiger partial charge in [-0.05, 0) is 24.3 Å². The Morgan fingerprint density at radius 2 is 1.91 bits per heavy atom. The van der Waals surface area contributed by atoms with E-state index >= 15 is 0 Å². The highest BCUT2D eigenvalue weighted by molar-refractivity contribution is 8.17. The van der Waals surface area contributed by atoms with Crippen LogP contribution in [0.25, 0.3) is 0 Å². The van der Waals surface area contributed by atoms with Crippen molar-refractivity contribution in [3.05, 3.63) is 27.8 Å². The Hall–Kier alpha value is -1.70. The molecule has 0 aromatic heterocycles. The smallest absolute Gasteiger partial charge is 0.286 e. The minimum Gasteiger partial charge on any atom is -0.493 e. The van der Waals surface area contributed by atoms with Gasteiger partial charge in [0.25, 0.3) is 21.7 Å². The van der Waals surface area contributed by atoms with Gasteiger partial charge in [-0.25, -0.2) is 0 Å². The van der Waals surface area contributed by atoms with Gasteiger partial charge in [0.15, 0.2) is 11.5 Å². The highest BCUT2D eigenvalue weighted by Gasteiger charge is 2.38. The number of carbonyl (C=O) groups excluding carboxylic acids is 1. The van der Waals surface area contributed by atoms with E-state index in [0.29, 0.717) is 6.54 Å². The second-order valence-electron chi connectivity index (χ2n) is 7.14. The maximum Gasteiger partial charge on any atom is 0.286 e. The first kappa shape index (κ1) is 27.5. The largest absolute Gasteiger partial charge is 0.493 e. The fraction of sp³-hybridized carbons (Fsp3) is 0.650. The number of nitrogens with zero attached hydrogens (tertiary/aromatic N) is 2. The van der Waals surface area contributed by atoms with Gasteiger partial charge in [0.2, 0.25) is 0 Å². The van der Waals surface area contributed by atoms with Crippen LogP contribution >= 0.6 is 23.5 Å². The van der Waals surface area contributed by atoms with E-state index in [0.717, 1.165) is 36.7 Å². The van der Waals surface area contributed by atoms with Crippen LogP contribution in [0.3, 0.4) is 0 Å². The third kappa shape index (κ3) is 7.66. The van der Waals surface area contributed by atoms with Crippen LogP contribution in [-0.4, -0.2) is 79.4 Å². The minimum absolute atomic E-state index is 0.0120. The number of ether oxygens (including phenoxy) is 2. The van der Waals surface area contributed by atoms with Gasteiger partial charge in [0, 0.05) is 12.6 Å². The first-order chi connectivity index (χ1) is 15.6. The number of hydrogen-bond donors (Lipinski definition) is 0. The lowest BCUT2D eigenvalue weighted by atomic mass is 10.1. The summed E-state index contributed by atoms with van der Waals surface area (Å²) < 4.78 is 37.7. The van der Waals surface area contributed by atoms with Gasteiger partial charge in [-0.15, -0.1) is 23.5 Å². The zero-order valence-electron chi connectivity index (χ0n) is 19.1. The second kappa shape index (κ2) is 12.7. The normalized spacial score (nSPS) is 16.3. The molecule has 1 heterocycles. The average Bonchev–Trinajstić information content (AvgIpc) is 3.24. The van der Waals surface area contributed by atoms with E-state index in [1.54, 1.807) is 28.4 Å². The second-order valence-corrected chi connectivity index (χ2v) is 11.9. The van der Waals surface area contributed by atoms with Crippen molar-refractivity contribution < 1.29 is 31.8 Å². The monoisotopic (exact) mass is 522 g/mol. The summed E-state index contributed by atoms with van der Waals surface area (Å²) in [5.41, 5.74) is -0.460. The number of nitro groups is 1. The van der Waals surface area contributed by atoms with Crippen LogP contribution in [0.4, 0.5) is 5.69 Å². The van der Waals surface area contributed by atoms with Crippen molar-refractivity contribution in [2.24, 2.45) is 0 Å². The lowest BCUT2D eigenvalue weighted by molar-refractivity contribution is -0.385. The van der Waals surface area contributed by atoms with E-state index in [-0.39, 0.29) is 40.9 Å². The summed E-state index contributed by atoms with van der Waals surface area (Å²) in [6.07, 6.45) is 2.60. The molecule has 1 aromatic carbocycles. The van der Waals surface area contributed by atoms with Crippen LogP contribution in [0, 0.1) is 10.1 Å². The quantitative estimate of drug-likeness (QED) is 0.125. The Balaban J connectivity index is 2.32. The van der Waals surface area contributed by atoms with Crippen molar-refractivity contribution in [1.29, 1.82) is 0 Å². The van der Waals surface area contributed by atoms with Gasteiger partial charge in [-0.1, -0.05) is 13.8 Å². The van der Waals surface area contributed by atoms with E-state index in [9.17, 15) is 23.3 Å². The molecule has 0 aliphatic carbocycles. The molecular weight excluding hydrogens is 492 g/mol. The van der Waals surface area contributed by atoms with Crippen molar-refractivity contribution in [1.82, 2.24) is 4.90 Å². The first-order valence-electron chi connectivity index (χ1n) is 10.5. The van der Waals surface area contributed by atoms with Crippen LogP contribution in [0.15, 0.2) is 12.1 Å². The van der Waals surface area contributed by atoms with Gasteiger partial charge < -0.3 is 14.4 Å². The molecule has 0 bridgehead atoms. The van der Waals surface area contributed by atoms with Crippen molar-refractivity contribution >= 4 is 45.2 Å². The Morgan fingerprint density at radius 1 is 1.24 bits per heavy atom. The Labute approximate surface area is 203 Å². The third-order valence-electron chi connectivity index (χ3n) is 4.88. The molecule has 1 atom stereocenters. The molecule has 1 aromatic rings. The topological polar surface area (TPSA) is 125 Å². The number of carbonyl (C=O) groups is 1. The summed E-state index contributed by atoms with van der Waals surface area (Å²) >= 11 is 3.57. The lowest BCUT2D eigenvalue weighted by Crippen LogP contribution is -2.41. The molecule has 1 aliphatic rings. The van der Waals surface area contributed by atoms with E-state index in [1.807, 2.05) is 0 Å². The summed E-state index contributed by atoms with van der Waals surface area (Å²) in [6.45, 7) is 4.24. The van der Waals surface area contributed by atoms with Crippen LogP contribution in [0.2, 0.25) is 0 Å². The summed E-state index contributed by atoms with van der Waals surface area (Å²) in [5, 5.41) is 11.8. The number of thioether (sulfide) groups is 2. The van der Waals surface area contributed by atoms with Crippen molar-refractivity contribution in [3.8, 4) is 11.5 Å². The SMILES string of the molecule is CCSC(SCC)[C@@H]1CCCN1C(=O)c1cc(OC)c(OCCOS(C)(=O)=O)cc1[N+](=O)[O-]. The standard InChI is InChI=1S/C20H30N2O8S3/c1-5-31-20(32-6-2)15-8-7-9-21(15)19(23)14-12-17(28-3)18(13-16(14)22(24)25)29-10-11-30-33(4,26)27/h12-13,15,20H,5-11H2,1-4H3/t15-/m0/s1. The number of rotatable bonds is 13. The number of amides is 1. The average molecular weight is 523 g/mol. The van der Waals surface area contributed by atoms with Crippen LogP contribution in [0.5, 0.6) is 11.5 Å². The summed E-state index contributed by atoms with van der Waals surface area (Å²) in [6, 6.07) is 2.44. The predicted octanol–water partition coefficient (Wildman–Crippen LogP) is 3.40. The van der Waals surface area contributed by atoms with Crippen LogP contribution in [-0.2, 0) is 14.3 Å². The highest BCUT2D eigenvalue weighted by Crippen LogP contribution is 2.39. The molecule has 1 saturated heterocycles. The molecule has 33 heavy (non-hydrogen) atoms. The molecule has 1 fully saturated rings. The molecule has 0 saturated carbocycles. The van der Waals surface area contributed by atoms with Crippen molar-refractivity contribution in [2.45, 2.75) is 37.3 Å². The molecule has 2 rings (SSSR count). The minimum atomic E-state index is -3.64. The first-order valence-corrected chi connectivity index (χ1v) is 14.4. The number of methoxy groups -OCH3 is 1. The third-order valence-corrected chi connectivity index (χ3v) is 8.25. The summed E-state index contributed by atoms with van der Waals surface area (Å²) in [7, 11) is -2.28. The van der Waals surface area contributed by atoms with E-state index in [4.69, 9.17) is 9.47 Å². The summed E-state index contributed by atoms with van der Waals surface area (Å²) in [4.78, 5) is 26.4. The van der Waals surface area contributed by atoms with E-state index in [2.05, 4.69) is 18.0 Å². The molecule has 0 spiro atoms. The van der Waals surface area contributed by atoms with Crippen LogP contribution < -0.4 is 9.47 Å². The number of likely N-dealkylation sites (tertiary alicyclic amines) is 1. The maximum absolute atomic E-state index is 13.5. The Bertz CT molecular complexity index is 935. The predicted molar refractivity (Wildman–Crippen MR) is 130 cm³/mol. The number of benzene rings is 1. The van der Waals surface area contributed by atoms with E-state index in [1.165, 1.54) is 13.2 Å². The van der Waals surface area contributed by atoms with Crippen molar-refractivity contribution in [3.63, 3.8) is 0 Å². The molecule has 0 radical (unpaired) electrons. The molecular formula is C20H30N2O8S3. The molecule has 0 N–H and O–H groups in total. The van der Waals surface area contributed by atoms with Crippen molar-refractivity contribution in [2.75, 3.05) is 44.6 Å². The van der Waals surface area contributed by atoms with Gasteiger partial charge in [0.05, 0.1) is 35.0 Å². The molecule has 186 valence electrons. The lowest BCUT2D eigenvalue weighted by Gasteiger charge is -2.31. The molecule has 1 aliphatic heterocycles. The summed E-state index contributed by atoms with van der Waals surface area (Å²) in [5.74, 6) is 1.59. The maximum atomic E-state index is 13.5. The number of nitro benzene ring substituents is 1. The fourth-order valence-corrected chi connectivity index (χ4v) is 6.80. The molecule has 13 heteroatoms. The molecule has 1 amide bonds. The molecule has 10 nitrogen and oxygen atoms in total. The highest BCUT2D eigenvalue weighted by atomic mass is 32.2. The van der Waals surface area contributed by atoms with Crippen LogP contribution in [0.1, 0.15) is 37.0 Å². The Morgan fingerprint density at radius 3 is 2.45 bits per heavy atom.